The van der Waals surface area contributed by atoms with Gasteiger partial charge in [-0.05, 0) is 24.6 Å². The quantitative estimate of drug-likeness (QED) is 0.739. The lowest BCUT2D eigenvalue weighted by atomic mass is 10.1. The molecule has 1 heterocycles. The summed E-state index contributed by atoms with van der Waals surface area (Å²) in [5.41, 5.74) is 6.75. The van der Waals surface area contributed by atoms with Crippen LogP contribution in [-0.4, -0.2) is 27.5 Å². The van der Waals surface area contributed by atoms with E-state index in [0.717, 1.165) is 5.56 Å². The molecule has 1 aromatic carbocycles. The molecule has 3 N–H and O–H groups in total. The molecule has 2 rings (SSSR count). The molecule has 0 saturated carbocycles. The Morgan fingerprint density at radius 3 is 2.61 bits per heavy atom. The number of rotatable bonds is 7. The molecule has 1 aromatic heterocycles. The summed E-state index contributed by atoms with van der Waals surface area (Å²) in [6.07, 6.45) is 0. The van der Waals surface area contributed by atoms with Crippen LogP contribution in [0.5, 0.6) is 0 Å². The molecular formula is C15H18N2O5S. The van der Waals surface area contributed by atoms with E-state index in [1.165, 1.54) is 12.1 Å². The first-order valence-corrected chi connectivity index (χ1v) is 8.49. The average Bonchev–Trinajstić information content (AvgIpc) is 3.05. The maximum absolute atomic E-state index is 12.1. The number of benzene rings is 1. The van der Waals surface area contributed by atoms with Crippen LogP contribution in [-0.2, 0) is 14.8 Å². The van der Waals surface area contributed by atoms with E-state index in [9.17, 15) is 13.2 Å². The summed E-state index contributed by atoms with van der Waals surface area (Å²) in [4.78, 5) is 11.5. The van der Waals surface area contributed by atoms with Gasteiger partial charge < -0.3 is 14.9 Å². The zero-order chi connectivity index (χ0) is 16.9. The fourth-order valence-electron chi connectivity index (χ4n) is 1.87. The number of nitrogens with two attached hydrogens (primary N) is 1. The molecule has 0 fully saturated rings. The van der Waals surface area contributed by atoms with Gasteiger partial charge in [-0.3, -0.25) is 0 Å². The number of carbonyl (C=O) groups excluding carboxylic acids is 1. The first-order valence-electron chi connectivity index (χ1n) is 7.01. The summed E-state index contributed by atoms with van der Waals surface area (Å²) in [5.74, 6) is -0.880. The largest absolute Gasteiger partial charge is 0.460 e. The lowest BCUT2D eigenvalue weighted by Crippen LogP contribution is -2.31. The second-order valence-corrected chi connectivity index (χ2v) is 6.41. The summed E-state index contributed by atoms with van der Waals surface area (Å²) in [6.45, 7) is 1.82. The van der Waals surface area contributed by atoms with Gasteiger partial charge in [0, 0.05) is 12.6 Å². The Balaban J connectivity index is 2.03. The molecular weight excluding hydrogens is 320 g/mol. The van der Waals surface area contributed by atoms with Crippen molar-refractivity contribution >= 4 is 16.0 Å². The maximum atomic E-state index is 12.1. The highest BCUT2D eigenvalue weighted by Gasteiger charge is 2.22. The van der Waals surface area contributed by atoms with Crippen molar-refractivity contribution in [3.05, 3.63) is 53.8 Å². The Hall–Kier alpha value is -2.16. The summed E-state index contributed by atoms with van der Waals surface area (Å²) < 4.78 is 36.4. The second-order valence-electron chi connectivity index (χ2n) is 4.71. The maximum Gasteiger partial charge on any atom is 0.374 e. The Morgan fingerprint density at radius 1 is 1.26 bits per heavy atom. The first-order chi connectivity index (χ1) is 10.9. The third-order valence-corrected chi connectivity index (χ3v) is 4.34. The molecule has 2 aromatic rings. The highest BCUT2D eigenvalue weighted by Crippen LogP contribution is 2.16. The Kier molecular flexibility index (Phi) is 5.54. The van der Waals surface area contributed by atoms with Gasteiger partial charge in [-0.15, -0.1) is 0 Å². The molecule has 0 bridgehead atoms. The predicted molar refractivity (Wildman–Crippen MR) is 83.2 cm³/mol. The van der Waals surface area contributed by atoms with E-state index in [0.29, 0.717) is 0 Å². The number of nitrogens with one attached hydrogen (secondary N) is 1. The molecule has 0 amide bonds. The number of hydrogen-bond donors (Lipinski definition) is 2. The number of ether oxygens (including phenoxy) is 1. The monoisotopic (exact) mass is 338 g/mol. The van der Waals surface area contributed by atoms with Crippen molar-refractivity contribution in [1.29, 1.82) is 0 Å². The minimum absolute atomic E-state index is 0.00177. The third-order valence-electron chi connectivity index (χ3n) is 3.04. The van der Waals surface area contributed by atoms with Gasteiger partial charge in [0.05, 0.1) is 6.61 Å². The van der Waals surface area contributed by atoms with E-state index in [1.807, 2.05) is 30.3 Å². The van der Waals surface area contributed by atoms with Crippen LogP contribution >= 0.6 is 0 Å². The van der Waals surface area contributed by atoms with Crippen LogP contribution in [0.3, 0.4) is 0 Å². The Morgan fingerprint density at radius 2 is 1.96 bits per heavy atom. The SMILES string of the molecule is CCOC(=O)c1ccc(S(=O)(=O)NCC(N)c2ccccc2)o1. The topological polar surface area (TPSA) is 112 Å². The van der Waals surface area contributed by atoms with Gasteiger partial charge in [0.1, 0.15) is 0 Å². The van der Waals surface area contributed by atoms with Crippen molar-refractivity contribution in [2.45, 2.75) is 18.1 Å². The smallest absolute Gasteiger partial charge is 0.374 e. The van der Waals surface area contributed by atoms with Crippen molar-refractivity contribution in [2.75, 3.05) is 13.2 Å². The minimum atomic E-state index is -3.90. The fraction of sp³-hybridized carbons (Fsp3) is 0.267. The molecule has 0 saturated heterocycles. The standard InChI is InChI=1S/C15H18N2O5S/c1-2-21-15(18)13-8-9-14(22-13)23(19,20)17-10-12(16)11-6-4-3-5-7-11/h3-9,12,17H,2,10,16H2,1H3. The molecule has 0 aliphatic heterocycles. The molecule has 1 unspecified atom stereocenters. The average molecular weight is 338 g/mol. The zero-order valence-electron chi connectivity index (χ0n) is 12.6. The van der Waals surface area contributed by atoms with Crippen LogP contribution in [0.4, 0.5) is 0 Å². The number of hydrogen-bond acceptors (Lipinski definition) is 6. The van der Waals surface area contributed by atoms with Gasteiger partial charge in [0.25, 0.3) is 10.0 Å². The highest BCUT2D eigenvalue weighted by atomic mass is 32.2. The van der Waals surface area contributed by atoms with E-state index in [2.05, 4.69) is 4.72 Å². The summed E-state index contributed by atoms with van der Waals surface area (Å²) in [6, 6.07) is 11.1. The van der Waals surface area contributed by atoms with E-state index in [4.69, 9.17) is 14.9 Å². The highest BCUT2D eigenvalue weighted by molar-refractivity contribution is 7.89. The predicted octanol–water partition coefficient (Wildman–Crippen LogP) is 1.43. The first kappa shape index (κ1) is 17.2. The third kappa shape index (κ3) is 4.41. The molecule has 0 radical (unpaired) electrons. The molecule has 23 heavy (non-hydrogen) atoms. The van der Waals surface area contributed by atoms with E-state index in [-0.39, 0.29) is 24.0 Å². The van der Waals surface area contributed by atoms with Gasteiger partial charge in [0.15, 0.2) is 0 Å². The Bertz CT molecular complexity index is 755. The van der Waals surface area contributed by atoms with Crippen molar-refractivity contribution in [3.63, 3.8) is 0 Å². The molecule has 7 nitrogen and oxygen atoms in total. The molecule has 0 aliphatic rings. The molecule has 8 heteroatoms. The fourth-order valence-corrected chi connectivity index (χ4v) is 2.85. The minimum Gasteiger partial charge on any atom is -0.460 e. The normalized spacial score (nSPS) is 12.8. The van der Waals surface area contributed by atoms with Gasteiger partial charge in [-0.1, -0.05) is 30.3 Å². The molecule has 1 atom stereocenters. The van der Waals surface area contributed by atoms with Crippen LogP contribution in [0.1, 0.15) is 29.1 Å². The van der Waals surface area contributed by atoms with Crippen LogP contribution in [0.25, 0.3) is 0 Å². The zero-order valence-corrected chi connectivity index (χ0v) is 13.4. The number of carbonyl (C=O) groups is 1. The van der Waals surface area contributed by atoms with Crippen LogP contribution in [0.15, 0.2) is 52.0 Å². The lowest BCUT2D eigenvalue weighted by Gasteiger charge is -2.12. The van der Waals surface area contributed by atoms with E-state index >= 15 is 0 Å². The molecule has 124 valence electrons. The van der Waals surface area contributed by atoms with Gasteiger partial charge >= 0.3 is 5.97 Å². The number of sulfonamides is 1. The van der Waals surface area contributed by atoms with Crippen LogP contribution in [0.2, 0.25) is 0 Å². The van der Waals surface area contributed by atoms with Crippen molar-refractivity contribution in [1.82, 2.24) is 4.72 Å². The van der Waals surface area contributed by atoms with E-state index in [1.54, 1.807) is 6.92 Å². The van der Waals surface area contributed by atoms with Gasteiger partial charge in [-0.25, -0.2) is 17.9 Å². The van der Waals surface area contributed by atoms with Gasteiger partial charge in [0.2, 0.25) is 10.9 Å². The number of esters is 1. The molecule has 0 spiro atoms. The van der Waals surface area contributed by atoms with Gasteiger partial charge in [-0.2, -0.15) is 0 Å². The summed E-state index contributed by atoms with van der Waals surface area (Å²) in [7, 11) is -3.90. The number of furan rings is 1. The van der Waals surface area contributed by atoms with Crippen LogP contribution < -0.4 is 10.5 Å². The van der Waals surface area contributed by atoms with E-state index < -0.39 is 22.0 Å². The van der Waals surface area contributed by atoms with Crippen molar-refractivity contribution in [3.8, 4) is 0 Å². The van der Waals surface area contributed by atoms with Crippen molar-refractivity contribution < 1.29 is 22.4 Å². The second kappa shape index (κ2) is 7.40. The molecule has 0 aliphatic carbocycles. The van der Waals surface area contributed by atoms with Crippen LogP contribution in [0, 0.1) is 0 Å². The van der Waals surface area contributed by atoms with Crippen molar-refractivity contribution in [2.24, 2.45) is 5.73 Å². The Labute approximate surface area is 134 Å². The summed E-state index contributed by atoms with van der Waals surface area (Å²) >= 11 is 0. The lowest BCUT2D eigenvalue weighted by molar-refractivity contribution is 0.0484. The summed E-state index contributed by atoms with van der Waals surface area (Å²) in [5, 5.41) is -0.360.